The average Bonchev–Trinajstić information content (AvgIpc) is 3.11. The first-order valence-electron chi connectivity index (χ1n) is 10.1. The third-order valence-corrected chi connectivity index (χ3v) is 6.86. The number of fused-ring (bicyclic) bond motifs is 7. The van der Waals surface area contributed by atoms with Crippen molar-refractivity contribution in [3.8, 4) is 0 Å². The molecule has 2 unspecified atom stereocenters. The van der Waals surface area contributed by atoms with E-state index in [0.29, 0.717) is 0 Å². The third-order valence-electron chi connectivity index (χ3n) is 6.86. The number of aryl methyl sites for hydroxylation is 2. The van der Waals surface area contributed by atoms with Gasteiger partial charge in [0.25, 0.3) is 0 Å². The second-order valence-electron chi connectivity index (χ2n) is 8.16. The van der Waals surface area contributed by atoms with Crippen LogP contribution in [0.15, 0.2) is 54.6 Å². The molecular weight excluding hydrogens is 312 g/mol. The maximum Gasteiger partial charge on any atom is -0.00989 e. The minimum atomic E-state index is 0.745. The molecule has 0 aliphatic heterocycles. The van der Waals surface area contributed by atoms with E-state index in [4.69, 9.17) is 0 Å². The van der Waals surface area contributed by atoms with E-state index < -0.39 is 0 Å². The Kier molecular flexibility index (Phi) is 3.57. The monoisotopic (exact) mass is 338 g/mol. The molecular formula is C26H26. The van der Waals surface area contributed by atoms with E-state index in [0.717, 1.165) is 11.8 Å². The van der Waals surface area contributed by atoms with Crippen LogP contribution in [0.5, 0.6) is 0 Å². The van der Waals surface area contributed by atoms with Gasteiger partial charge in [0, 0.05) is 0 Å². The summed E-state index contributed by atoms with van der Waals surface area (Å²) < 4.78 is 0. The van der Waals surface area contributed by atoms with E-state index in [2.05, 4.69) is 75.4 Å². The molecule has 0 saturated carbocycles. The molecule has 0 saturated heterocycles. The topological polar surface area (TPSA) is 0 Å². The zero-order valence-corrected chi connectivity index (χ0v) is 16.0. The van der Waals surface area contributed by atoms with Crippen LogP contribution in [0.4, 0.5) is 0 Å². The molecule has 0 heteroatoms. The minimum Gasteiger partial charge on any atom is -0.0651 e. The van der Waals surface area contributed by atoms with Gasteiger partial charge < -0.3 is 0 Å². The van der Waals surface area contributed by atoms with E-state index in [1.54, 1.807) is 11.1 Å². The molecule has 4 aromatic rings. The molecule has 0 amide bonds. The summed E-state index contributed by atoms with van der Waals surface area (Å²) in [4.78, 5) is 0. The summed E-state index contributed by atoms with van der Waals surface area (Å²) in [6, 6.07) is 20.9. The van der Waals surface area contributed by atoms with Gasteiger partial charge in [-0.2, -0.15) is 0 Å². The fraction of sp³-hybridized carbons (Fsp3) is 0.308. The zero-order valence-electron chi connectivity index (χ0n) is 16.0. The molecule has 5 rings (SSSR count). The first-order chi connectivity index (χ1) is 12.7. The Morgan fingerprint density at radius 3 is 2.19 bits per heavy atom. The smallest absolute Gasteiger partial charge is 0.00989 e. The number of rotatable bonds is 2. The Labute approximate surface area is 155 Å². The normalized spacial score (nSPS) is 17.9. The van der Waals surface area contributed by atoms with Crippen molar-refractivity contribution in [1.82, 2.24) is 0 Å². The van der Waals surface area contributed by atoms with Gasteiger partial charge in [-0.3, -0.25) is 0 Å². The Morgan fingerprint density at radius 1 is 0.808 bits per heavy atom. The Morgan fingerprint density at radius 2 is 1.42 bits per heavy atom. The van der Waals surface area contributed by atoms with Gasteiger partial charge in [-0.1, -0.05) is 74.9 Å². The molecule has 0 fully saturated rings. The maximum absolute atomic E-state index is 2.43. The molecule has 4 aromatic carbocycles. The van der Waals surface area contributed by atoms with Crippen molar-refractivity contribution < 1.29 is 0 Å². The summed E-state index contributed by atoms with van der Waals surface area (Å²) in [6.07, 6.45) is 3.82. The molecule has 26 heavy (non-hydrogen) atoms. The van der Waals surface area contributed by atoms with E-state index in [-0.39, 0.29) is 0 Å². The van der Waals surface area contributed by atoms with Crippen molar-refractivity contribution >= 4 is 32.3 Å². The van der Waals surface area contributed by atoms with Gasteiger partial charge in [-0.15, -0.1) is 0 Å². The van der Waals surface area contributed by atoms with Gasteiger partial charge >= 0.3 is 0 Å². The Bertz CT molecular complexity index is 1150. The van der Waals surface area contributed by atoms with E-state index >= 15 is 0 Å². The van der Waals surface area contributed by atoms with Crippen LogP contribution in [0.1, 0.15) is 49.3 Å². The minimum absolute atomic E-state index is 0.745. The summed E-state index contributed by atoms with van der Waals surface area (Å²) in [7, 11) is 0. The largest absolute Gasteiger partial charge is 0.0651 e. The van der Waals surface area contributed by atoms with Crippen molar-refractivity contribution in [2.75, 3.05) is 0 Å². The van der Waals surface area contributed by atoms with Crippen molar-refractivity contribution in [1.29, 1.82) is 0 Å². The molecule has 0 heterocycles. The zero-order chi connectivity index (χ0) is 17.8. The number of hydrogen-bond acceptors (Lipinski definition) is 0. The van der Waals surface area contributed by atoms with E-state index in [1.807, 2.05) is 0 Å². The van der Waals surface area contributed by atoms with E-state index in [9.17, 15) is 0 Å². The highest BCUT2D eigenvalue weighted by Gasteiger charge is 2.27. The second kappa shape index (κ2) is 5.84. The standard InChI is InChI=1S/C26H26/c1-4-16(2)18-8-10-23-21(18)12-13-26-24-11-9-19-17(3)6-5-7-20(19)22(24)14-15-25(23)26/h5-7,9,11-16,18H,4,8,10H2,1-3H3. The van der Waals surface area contributed by atoms with Crippen LogP contribution in [-0.4, -0.2) is 0 Å². The summed E-state index contributed by atoms with van der Waals surface area (Å²) in [5.41, 5.74) is 4.58. The van der Waals surface area contributed by atoms with Gasteiger partial charge in [0.2, 0.25) is 0 Å². The Hall–Kier alpha value is -2.34. The van der Waals surface area contributed by atoms with Crippen LogP contribution in [-0.2, 0) is 6.42 Å². The van der Waals surface area contributed by atoms with Crippen LogP contribution in [0.2, 0.25) is 0 Å². The molecule has 0 N–H and O–H groups in total. The van der Waals surface area contributed by atoms with Gasteiger partial charge in [0.05, 0.1) is 0 Å². The lowest BCUT2D eigenvalue weighted by atomic mass is 9.86. The quantitative estimate of drug-likeness (QED) is 0.331. The van der Waals surface area contributed by atoms with Crippen LogP contribution in [0.25, 0.3) is 32.3 Å². The first kappa shape index (κ1) is 15.9. The fourth-order valence-corrected chi connectivity index (χ4v) is 5.18. The molecule has 0 bridgehead atoms. The molecule has 0 spiro atoms. The summed E-state index contributed by atoms with van der Waals surface area (Å²) in [5, 5.41) is 8.44. The maximum atomic E-state index is 2.43. The Balaban J connectivity index is 1.80. The predicted octanol–water partition coefficient (Wildman–Crippen LogP) is 7.53. The van der Waals surface area contributed by atoms with Crippen LogP contribution < -0.4 is 0 Å². The number of benzene rings is 4. The second-order valence-corrected chi connectivity index (χ2v) is 8.16. The molecule has 1 aliphatic rings. The van der Waals surface area contributed by atoms with Crippen LogP contribution >= 0.6 is 0 Å². The lowest BCUT2D eigenvalue weighted by molar-refractivity contribution is 0.443. The predicted molar refractivity (Wildman–Crippen MR) is 114 cm³/mol. The van der Waals surface area contributed by atoms with Crippen LogP contribution in [0.3, 0.4) is 0 Å². The van der Waals surface area contributed by atoms with Crippen molar-refractivity contribution in [2.24, 2.45) is 5.92 Å². The lowest BCUT2D eigenvalue weighted by Gasteiger charge is -2.19. The first-order valence-corrected chi connectivity index (χ1v) is 10.1. The van der Waals surface area contributed by atoms with Gasteiger partial charge in [0.15, 0.2) is 0 Å². The molecule has 1 aliphatic carbocycles. The van der Waals surface area contributed by atoms with E-state index in [1.165, 1.54) is 57.1 Å². The van der Waals surface area contributed by atoms with Crippen LogP contribution in [0, 0.1) is 12.8 Å². The molecule has 2 atom stereocenters. The highest BCUT2D eigenvalue weighted by Crippen LogP contribution is 2.44. The highest BCUT2D eigenvalue weighted by molar-refractivity contribution is 6.18. The summed E-state index contributed by atoms with van der Waals surface area (Å²) >= 11 is 0. The van der Waals surface area contributed by atoms with Crippen molar-refractivity contribution in [2.45, 2.75) is 46.0 Å². The van der Waals surface area contributed by atoms with Crippen molar-refractivity contribution in [3.05, 3.63) is 71.3 Å². The molecule has 0 radical (unpaired) electrons. The lowest BCUT2D eigenvalue weighted by Crippen LogP contribution is -2.05. The fourth-order valence-electron chi connectivity index (χ4n) is 5.18. The molecule has 0 aromatic heterocycles. The van der Waals surface area contributed by atoms with Gasteiger partial charge in [-0.05, 0) is 80.6 Å². The van der Waals surface area contributed by atoms with Crippen molar-refractivity contribution in [3.63, 3.8) is 0 Å². The third kappa shape index (κ3) is 2.14. The van der Waals surface area contributed by atoms with Gasteiger partial charge in [-0.25, -0.2) is 0 Å². The SMILES string of the molecule is CCC(C)C1CCc2c1ccc1c2ccc2c3cccc(C)c3ccc12. The summed E-state index contributed by atoms with van der Waals surface area (Å²) in [6.45, 7) is 6.94. The average molecular weight is 338 g/mol. The van der Waals surface area contributed by atoms with Gasteiger partial charge in [0.1, 0.15) is 0 Å². The highest BCUT2D eigenvalue weighted by atomic mass is 14.3. The molecule has 130 valence electrons. The molecule has 0 nitrogen and oxygen atoms in total. The number of hydrogen-bond donors (Lipinski definition) is 0. The summed E-state index contributed by atoms with van der Waals surface area (Å²) in [5.74, 6) is 1.52.